The number of halogens is 13. The molecule has 0 heterocycles. The Hall–Kier alpha value is -2.48. The van der Waals surface area contributed by atoms with E-state index in [1.807, 2.05) is 0 Å². The van der Waals surface area contributed by atoms with Gasteiger partial charge in [0.2, 0.25) is 0 Å². The quantitative estimate of drug-likeness (QED) is 0.191. The minimum Gasteiger partial charge on any atom is -0.463 e. The Morgan fingerprint density at radius 3 is 1.68 bits per heavy atom. The lowest BCUT2D eigenvalue weighted by atomic mass is 9.90. The second-order valence-electron chi connectivity index (χ2n) is 6.82. The van der Waals surface area contributed by atoms with E-state index in [0.29, 0.717) is 6.08 Å². The Morgan fingerprint density at radius 1 is 0.765 bits per heavy atom. The summed E-state index contributed by atoms with van der Waals surface area (Å²) in [5.41, 5.74) is -1.15. The van der Waals surface area contributed by atoms with Crippen LogP contribution in [0.2, 0.25) is 0 Å². The number of carbonyl (C=O) groups is 1. The molecule has 1 aromatic rings. The molecule has 34 heavy (non-hydrogen) atoms. The molecular formula is C19H15F13O2. The van der Waals surface area contributed by atoms with Crippen molar-refractivity contribution in [2.24, 2.45) is 0 Å². The van der Waals surface area contributed by atoms with Crippen molar-refractivity contribution in [3.8, 4) is 0 Å². The van der Waals surface area contributed by atoms with Crippen LogP contribution >= 0.6 is 0 Å². The predicted octanol–water partition coefficient (Wildman–Crippen LogP) is 6.85. The Labute approximate surface area is 183 Å². The molecular weight excluding hydrogens is 507 g/mol. The maximum absolute atomic E-state index is 14.2. The van der Waals surface area contributed by atoms with Crippen LogP contribution in [0.4, 0.5) is 57.1 Å². The molecule has 0 unspecified atom stereocenters. The smallest absolute Gasteiger partial charge is 0.460 e. The lowest BCUT2D eigenvalue weighted by Crippen LogP contribution is -2.70. The van der Waals surface area contributed by atoms with Crippen LogP contribution in [0, 0.1) is 0 Å². The third-order valence-electron chi connectivity index (χ3n) is 4.38. The van der Waals surface area contributed by atoms with E-state index >= 15 is 0 Å². The molecule has 1 rings (SSSR count). The summed E-state index contributed by atoms with van der Waals surface area (Å²) in [5, 5.41) is 0. The molecule has 0 aliphatic rings. The van der Waals surface area contributed by atoms with Crippen molar-refractivity contribution in [1.29, 1.82) is 0 Å². The molecule has 0 aliphatic heterocycles. The first-order chi connectivity index (χ1) is 15.2. The number of esters is 1. The number of alkyl halides is 13. The number of rotatable bonds is 10. The van der Waals surface area contributed by atoms with Crippen molar-refractivity contribution < 1.29 is 66.6 Å². The number of allylic oxidation sites excluding steroid dienone is 1. The van der Waals surface area contributed by atoms with Gasteiger partial charge in [0.05, 0.1) is 6.61 Å². The van der Waals surface area contributed by atoms with Crippen LogP contribution in [0.15, 0.2) is 42.0 Å². The highest BCUT2D eigenvalue weighted by molar-refractivity contribution is 5.88. The van der Waals surface area contributed by atoms with E-state index < -0.39 is 66.8 Å². The molecule has 0 amide bonds. The fourth-order valence-corrected chi connectivity index (χ4v) is 2.46. The summed E-state index contributed by atoms with van der Waals surface area (Å²) in [7, 11) is 0. The molecule has 0 aromatic heterocycles. The van der Waals surface area contributed by atoms with Gasteiger partial charge in [0.15, 0.2) is 0 Å². The predicted molar refractivity (Wildman–Crippen MR) is 90.3 cm³/mol. The lowest BCUT2D eigenvalue weighted by molar-refractivity contribution is -0.439. The van der Waals surface area contributed by atoms with Crippen LogP contribution < -0.4 is 0 Å². The van der Waals surface area contributed by atoms with Crippen molar-refractivity contribution in [3.63, 3.8) is 0 Å². The summed E-state index contributed by atoms with van der Waals surface area (Å²) >= 11 is 0. The van der Waals surface area contributed by atoms with E-state index in [-0.39, 0.29) is 5.56 Å². The van der Waals surface area contributed by atoms with Gasteiger partial charge in [-0.3, -0.25) is 0 Å². The van der Waals surface area contributed by atoms with E-state index in [4.69, 9.17) is 0 Å². The molecule has 0 N–H and O–H groups in total. The summed E-state index contributed by atoms with van der Waals surface area (Å²) in [4.78, 5) is 11.8. The molecule has 2 nitrogen and oxygen atoms in total. The topological polar surface area (TPSA) is 26.3 Å². The summed E-state index contributed by atoms with van der Waals surface area (Å²) in [6, 6.07) is 7.09. The SMILES string of the molecule is CCOC(=O)/C(=C/Cc1ccccc1)CC(F)(F)C(F)(F)C(F)(F)C(F)(F)C(F)(F)C(F)(F)F. The Kier molecular flexibility index (Phi) is 8.38. The van der Waals surface area contributed by atoms with Gasteiger partial charge in [-0.25, -0.2) is 4.79 Å². The zero-order chi connectivity index (χ0) is 26.8. The fourth-order valence-electron chi connectivity index (χ4n) is 2.46. The largest absolute Gasteiger partial charge is 0.463 e. The Bertz CT molecular complexity index is 874. The first-order valence-corrected chi connectivity index (χ1v) is 9.03. The number of hydrogen-bond donors (Lipinski definition) is 0. The lowest BCUT2D eigenvalue weighted by Gasteiger charge is -2.39. The second kappa shape index (κ2) is 9.64. The zero-order valence-corrected chi connectivity index (χ0v) is 16.8. The highest BCUT2D eigenvalue weighted by Gasteiger charge is 2.90. The van der Waals surface area contributed by atoms with E-state index in [2.05, 4.69) is 4.74 Å². The van der Waals surface area contributed by atoms with Crippen molar-refractivity contribution in [2.45, 2.75) is 55.6 Å². The second-order valence-corrected chi connectivity index (χ2v) is 6.82. The summed E-state index contributed by atoms with van der Waals surface area (Å²) in [6.07, 6.45) is -10.2. The van der Waals surface area contributed by atoms with E-state index in [1.165, 1.54) is 30.3 Å². The third kappa shape index (κ3) is 5.27. The number of benzene rings is 1. The monoisotopic (exact) mass is 522 g/mol. The zero-order valence-electron chi connectivity index (χ0n) is 16.8. The number of carbonyl (C=O) groups excluding carboxylic acids is 1. The van der Waals surface area contributed by atoms with Crippen molar-refractivity contribution >= 4 is 5.97 Å². The van der Waals surface area contributed by atoms with Gasteiger partial charge >= 0.3 is 41.8 Å². The van der Waals surface area contributed by atoms with Crippen LogP contribution in [0.1, 0.15) is 18.9 Å². The van der Waals surface area contributed by atoms with Crippen LogP contribution in [0.3, 0.4) is 0 Å². The average Bonchev–Trinajstić information content (AvgIpc) is 2.70. The first kappa shape index (κ1) is 29.6. The summed E-state index contributed by atoms with van der Waals surface area (Å²) in [6.45, 7) is 0.600. The van der Waals surface area contributed by atoms with Gasteiger partial charge in [-0.1, -0.05) is 36.4 Å². The van der Waals surface area contributed by atoms with Gasteiger partial charge in [-0.2, -0.15) is 57.1 Å². The highest BCUT2D eigenvalue weighted by Crippen LogP contribution is 2.60. The normalized spacial score (nSPS) is 14.8. The Balaban J connectivity index is 3.44. The standard InChI is InChI=1S/C19H15F13O2/c1-2-34-13(33)12(9-8-11-6-4-3-5-7-11)10-14(20,21)15(22,23)16(24,25)17(26,27)18(28,29)19(30,31)32/h3-7,9H,2,8,10H2,1H3/b12-9+. The van der Waals surface area contributed by atoms with Gasteiger partial charge in [-0.05, 0) is 18.9 Å². The number of hydrogen-bond acceptors (Lipinski definition) is 2. The molecule has 0 bridgehead atoms. The van der Waals surface area contributed by atoms with Gasteiger partial charge in [-0.15, -0.1) is 0 Å². The molecule has 0 aliphatic carbocycles. The van der Waals surface area contributed by atoms with E-state index in [0.717, 1.165) is 6.92 Å². The fraction of sp³-hybridized carbons (Fsp3) is 0.526. The summed E-state index contributed by atoms with van der Waals surface area (Å²) < 4.78 is 177. The molecule has 15 heteroatoms. The van der Waals surface area contributed by atoms with Crippen molar-refractivity contribution in [1.82, 2.24) is 0 Å². The maximum atomic E-state index is 14.2. The third-order valence-corrected chi connectivity index (χ3v) is 4.38. The van der Waals surface area contributed by atoms with E-state index in [1.54, 1.807) is 0 Å². The van der Waals surface area contributed by atoms with Gasteiger partial charge in [0, 0.05) is 12.0 Å². The maximum Gasteiger partial charge on any atom is 0.460 e. The minimum atomic E-state index is -8.00. The molecule has 194 valence electrons. The molecule has 0 radical (unpaired) electrons. The molecule has 0 atom stereocenters. The van der Waals surface area contributed by atoms with Crippen LogP contribution in [0.5, 0.6) is 0 Å². The number of ether oxygens (including phenoxy) is 1. The molecule has 1 aromatic carbocycles. The summed E-state index contributed by atoms with van der Waals surface area (Å²) in [5.74, 6) is -39.4. The minimum absolute atomic E-state index is 0.279. The first-order valence-electron chi connectivity index (χ1n) is 9.03. The van der Waals surface area contributed by atoms with Crippen molar-refractivity contribution in [2.75, 3.05) is 6.61 Å². The van der Waals surface area contributed by atoms with Crippen LogP contribution in [0.25, 0.3) is 0 Å². The molecule has 0 spiro atoms. The Morgan fingerprint density at radius 2 is 1.24 bits per heavy atom. The van der Waals surface area contributed by atoms with Gasteiger partial charge in [0.25, 0.3) is 0 Å². The molecule has 0 fully saturated rings. The van der Waals surface area contributed by atoms with Gasteiger partial charge in [0.1, 0.15) is 0 Å². The van der Waals surface area contributed by atoms with Gasteiger partial charge < -0.3 is 4.74 Å². The van der Waals surface area contributed by atoms with E-state index in [9.17, 15) is 61.9 Å². The molecule has 0 saturated heterocycles. The van der Waals surface area contributed by atoms with Crippen LogP contribution in [-0.2, 0) is 16.0 Å². The van der Waals surface area contributed by atoms with Crippen LogP contribution in [-0.4, -0.2) is 48.4 Å². The highest BCUT2D eigenvalue weighted by atomic mass is 19.4. The molecule has 0 saturated carbocycles. The average molecular weight is 522 g/mol. The van der Waals surface area contributed by atoms with Crippen molar-refractivity contribution in [3.05, 3.63) is 47.5 Å².